The third-order valence-electron chi connectivity index (χ3n) is 4.85. The third kappa shape index (κ3) is 21.9. The number of carbonyl (C=O) groups is 5. The molecule has 2 unspecified atom stereocenters. The van der Waals surface area contributed by atoms with Gasteiger partial charge >= 0.3 is 18.0 Å². The van der Waals surface area contributed by atoms with Gasteiger partial charge in [-0.15, -0.1) is 0 Å². The van der Waals surface area contributed by atoms with Gasteiger partial charge in [0.1, 0.15) is 23.8 Å². The largest absolute Gasteiger partial charge is 0.481 e. The van der Waals surface area contributed by atoms with Crippen molar-refractivity contribution in [2.45, 2.75) is 124 Å². The van der Waals surface area contributed by atoms with Gasteiger partial charge in [-0.2, -0.15) is 0 Å². The lowest BCUT2D eigenvalue weighted by molar-refractivity contribution is -0.145. The Bertz CT molecular complexity index is 810. The fourth-order valence-electron chi connectivity index (χ4n) is 3.08. The summed E-state index contributed by atoms with van der Waals surface area (Å²) in [5, 5.41) is 38.6. The summed E-state index contributed by atoms with van der Waals surface area (Å²) in [7, 11) is 0. The smallest absolute Gasteiger partial charge is 0.408 e. The topological polar surface area (TPSA) is 203 Å². The van der Waals surface area contributed by atoms with Crippen LogP contribution in [-0.4, -0.2) is 97.7 Å². The first-order chi connectivity index (χ1) is 18.0. The van der Waals surface area contributed by atoms with E-state index in [1.54, 1.807) is 41.5 Å². The first-order valence-electron chi connectivity index (χ1n) is 13.5. The molecule has 1 aliphatic rings. The van der Waals surface area contributed by atoms with E-state index >= 15 is 0 Å². The number of likely N-dealkylation sites (tertiary alicyclic amines) is 1. The molecule has 1 fully saturated rings. The summed E-state index contributed by atoms with van der Waals surface area (Å²) in [5.41, 5.74) is -1.25. The second kappa shape index (κ2) is 18.4. The number of carboxylic acid groups (broad SMARTS) is 2. The highest BCUT2D eigenvalue weighted by molar-refractivity contribution is 5.92. The SMILES string of the molecule is CC(C)(C)O.CC(C)CCNC(=O)C1CCCN1C(=O)[C@H](CCC(=O)O)NC(=O)OC(C)(C)C.CC(O)C(=O)O. The standard InChI is InChI=1S/C20H35N3O6.C4H10O.C3H6O3/c1-13(2)10-11-21-17(26)15-7-6-12-23(15)18(27)14(8-9-16(24)25)22-19(28)29-20(3,4)5;1-4(2,3)5;1-2(4)3(5)6/h13-15H,6-12H2,1-5H3,(H,21,26)(H,22,28)(H,24,25);5H,1-3H3;2,4H,1H3,(H,5,6)/t14-,15?;;/m0../s1. The van der Waals surface area contributed by atoms with Gasteiger partial charge in [0.25, 0.3) is 0 Å². The maximum Gasteiger partial charge on any atom is 0.408 e. The lowest BCUT2D eigenvalue weighted by Gasteiger charge is -2.29. The van der Waals surface area contributed by atoms with Crippen LogP contribution in [0.15, 0.2) is 0 Å². The van der Waals surface area contributed by atoms with Gasteiger partial charge in [-0.05, 0) is 80.1 Å². The Kier molecular flexibility index (Phi) is 18.1. The van der Waals surface area contributed by atoms with E-state index in [2.05, 4.69) is 24.5 Å². The quantitative estimate of drug-likeness (QED) is 0.223. The van der Waals surface area contributed by atoms with Crippen LogP contribution in [0.25, 0.3) is 0 Å². The minimum absolute atomic E-state index is 0.0778. The van der Waals surface area contributed by atoms with Crippen LogP contribution in [0, 0.1) is 5.92 Å². The summed E-state index contributed by atoms with van der Waals surface area (Å²) in [6.45, 7) is 16.6. The van der Waals surface area contributed by atoms with Gasteiger partial charge in [-0.25, -0.2) is 9.59 Å². The summed E-state index contributed by atoms with van der Waals surface area (Å²) >= 11 is 0. The lowest BCUT2D eigenvalue weighted by Crippen LogP contribution is -2.54. The molecule has 0 aliphatic carbocycles. The van der Waals surface area contributed by atoms with Crippen LogP contribution in [0.3, 0.4) is 0 Å². The van der Waals surface area contributed by atoms with Crippen molar-refractivity contribution in [3.63, 3.8) is 0 Å². The van der Waals surface area contributed by atoms with E-state index in [-0.39, 0.29) is 18.7 Å². The van der Waals surface area contributed by atoms with E-state index in [4.69, 9.17) is 25.2 Å². The van der Waals surface area contributed by atoms with Crippen molar-refractivity contribution in [3.05, 3.63) is 0 Å². The fraction of sp³-hybridized carbons (Fsp3) is 0.815. The number of aliphatic carboxylic acids is 2. The predicted octanol–water partition coefficient (Wildman–Crippen LogP) is 2.13. The first kappa shape index (κ1) is 39.2. The van der Waals surface area contributed by atoms with Crippen molar-refractivity contribution in [1.82, 2.24) is 15.5 Å². The van der Waals surface area contributed by atoms with Crippen LogP contribution in [0.4, 0.5) is 4.79 Å². The molecule has 1 rings (SSSR count). The number of ether oxygens (including phenoxy) is 1. The molecule has 0 aromatic rings. The molecule has 13 nitrogen and oxygen atoms in total. The van der Waals surface area contributed by atoms with E-state index in [9.17, 15) is 24.0 Å². The molecule has 0 radical (unpaired) electrons. The maximum absolute atomic E-state index is 13.0. The molecule has 0 saturated carbocycles. The number of hydrogen-bond donors (Lipinski definition) is 6. The van der Waals surface area contributed by atoms with Crippen LogP contribution in [0.5, 0.6) is 0 Å². The highest BCUT2D eigenvalue weighted by atomic mass is 16.6. The molecule has 1 heterocycles. The number of aliphatic hydroxyl groups excluding tert-OH is 1. The molecule has 0 spiro atoms. The van der Waals surface area contributed by atoms with E-state index in [1.165, 1.54) is 11.8 Å². The van der Waals surface area contributed by atoms with Crippen molar-refractivity contribution >= 4 is 29.8 Å². The Balaban J connectivity index is 0. The van der Waals surface area contributed by atoms with Crippen LogP contribution in [0.1, 0.15) is 94.4 Å². The predicted molar refractivity (Wildman–Crippen MR) is 149 cm³/mol. The fourth-order valence-corrected chi connectivity index (χ4v) is 3.08. The van der Waals surface area contributed by atoms with Gasteiger partial charge in [-0.1, -0.05) is 13.8 Å². The molecular weight excluding hydrogens is 526 g/mol. The average Bonchev–Trinajstić information content (AvgIpc) is 3.23. The summed E-state index contributed by atoms with van der Waals surface area (Å²) in [6.07, 6.45) is -0.336. The Morgan fingerprint density at radius 3 is 1.88 bits per heavy atom. The van der Waals surface area contributed by atoms with Gasteiger partial charge in [0.05, 0.1) is 5.60 Å². The van der Waals surface area contributed by atoms with Crippen LogP contribution >= 0.6 is 0 Å². The molecule has 3 atom stereocenters. The number of nitrogens with zero attached hydrogens (tertiary/aromatic N) is 1. The molecule has 234 valence electrons. The van der Waals surface area contributed by atoms with E-state index in [0.29, 0.717) is 31.8 Å². The number of amides is 3. The summed E-state index contributed by atoms with van der Waals surface area (Å²) < 4.78 is 5.19. The normalized spacial score (nSPS) is 16.4. The maximum atomic E-state index is 13.0. The van der Waals surface area contributed by atoms with Crippen molar-refractivity contribution < 1.29 is 49.1 Å². The number of carboxylic acids is 2. The van der Waals surface area contributed by atoms with E-state index in [0.717, 1.165) is 6.42 Å². The highest BCUT2D eigenvalue weighted by Gasteiger charge is 2.38. The number of alkyl carbamates (subject to hydrolysis) is 1. The lowest BCUT2D eigenvalue weighted by atomic mass is 10.1. The Morgan fingerprint density at radius 1 is 0.975 bits per heavy atom. The first-order valence-corrected chi connectivity index (χ1v) is 13.5. The summed E-state index contributed by atoms with van der Waals surface area (Å²) in [4.78, 5) is 59.6. The summed E-state index contributed by atoms with van der Waals surface area (Å²) in [6, 6.07) is -1.67. The third-order valence-corrected chi connectivity index (χ3v) is 4.85. The zero-order chi connectivity index (χ0) is 31.8. The van der Waals surface area contributed by atoms with Gasteiger partial charge in [0.15, 0.2) is 0 Å². The van der Waals surface area contributed by atoms with E-state index in [1.807, 2.05) is 0 Å². The average molecular weight is 578 g/mol. The molecule has 6 N–H and O–H groups in total. The monoisotopic (exact) mass is 577 g/mol. The molecular formula is C27H51N3O10. The molecule has 40 heavy (non-hydrogen) atoms. The zero-order valence-corrected chi connectivity index (χ0v) is 25.4. The number of nitrogens with one attached hydrogen (secondary N) is 2. The molecule has 13 heteroatoms. The highest BCUT2D eigenvalue weighted by Crippen LogP contribution is 2.20. The molecule has 0 aromatic carbocycles. The van der Waals surface area contributed by atoms with E-state index < -0.39 is 53.3 Å². The number of rotatable bonds is 10. The molecule has 0 aromatic heterocycles. The molecule has 1 aliphatic heterocycles. The zero-order valence-electron chi connectivity index (χ0n) is 25.4. The van der Waals surface area contributed by atoms with Gasteiger partial charge in [0.2, 0.25) is 11.8 Å². The molecule has 3 amide bonds. The second-order valence-electron chi connectivity index (χ2n) is 12.0. The number of carbonyl (C=O) groups excluding carboxylic acids is 3. The second-order valence-corrected chi connectivity index (χ2v) is 12.0. The Morgan fingerprint density at radius 2 is 1.48 bits per heavy atom. The minimum Gasteiger partial charge on any atom is -0.481 e. The number of hydrogen-bond acceptors (Lipinski definition) is 8. The molecule has 1 saturated heterocycles. The van der Waals surface area contributed by atoms with Crippen molar-refractivity contribution in [2.24, 2.45) is 5.92 Å². The van der Waals surface area contributed by atoms with Crippen LogP contribution in [0.2, 0.25) is 0 Å². The van der Waals surface area contributed by atoms with Gasteiger partial charge in [0, 0.05) is 19.5 Å². The molecule has 0 bridgehead atoms. The van der Waals surface area contributed by atoms with Crippen molar-refractivity contribution in [1.29, 1.82) is 0 Å². The van der Waals surface area contributed by atoms with Crippen LogP contribution < -0.4 is 10.6 Å². The number of aliphatic hydroxyl groups is 2. The Hall–Kier alpha value is -2.93. The Labute approximate surface area is 237 Å². The minimum atomic E-state index is -1.23. The van der Waals surface area contributed by atoms with Crippen LogP contribution in [-0.2, 0) is 23.9 Å². The van der Waals surface area contributed by atoms with Crippen molar-refractivity contribution in [3.8, 4) is 0 Å². The van der Waals surface area contributed by atoms with Gasteiger partial charge in [-0.3, -0.25) is 14.4 Å². The van der Waals surface area contributed by atoms with Gasteiger partial charge < -0.3 is 40.7 Å². The van der Waals surface area contributed by atoms with Crippen molar-refractivity contribution in [2.75, 3.05) is 13.1 Å². The summed E-state index contributed by atoms with van der Waals surface area (Å²) in [5.74, 6) is -2.48.